The van der Waals surface area contributed by atoms with Gasteiger partial charge in [0.05, 0.1) is 6.54 Å². The van der Waals surface area contributed by atoms with E-state index in [4.69, 9.17) is 4.52 Å². The lowest BCUT2D eigenvalue weighted by molar-refractivity contribution is 0.422. The molecule has 2 N–H and O–H groups in total. The molecule has 2 rings (SSSR count). The summed E-state index contributed by atoms with van der Waals surface area (Å²) < 4.78 is 5.40. The molecule has 0 saturated carbocycles. The third-order valence-electron chi connectivity index (χ3n) is 3.99. The number of halogens is 1. The molecule has 5 nitrogen and oxygen atoms in total. The van der Waals surface area contributed by atoms with Gasteiger partial charge in [0, 0.05) is 25.2 Å². The second kappa shape index (κ2) is 11.1. The zero-order chi connectivity index (χ0) is 16.5. The van der Waals surface area contributed by atoms with Gasteiger partial charge < -0.3 is 15.2 Å². The minimum atomic E-state index is 0. The largest absolute Gasteiger partial charge is 0.356 e. The van der Waals surface area contributed by atoms with E-state index < -0.39 is 0 Å². The van der Waals surface area contributed by atoms with Crippen LogP contribution in [0, 0.1) is 5.92 Å². The van der Waals surface area contributed by atoms with E-state index in [9.17, 15) is 0 Å². The maximum Gasteiger partial charge on any atom is 0.191 e. The van der Waals surface area contributed by atoms with Gasteiger partial charge in [0.25, 0.3) is 0 Å². The number of hydrogen-bond donors (Lipinski definition) is 2. The minimum absolute atomic E-state index is 0. The molecule has 0 amide bonds. The number of benzene rings is 1. The molecule has 1 aromatic carbocycles. The average Bonchev–Trinajstić information content (AvgIpc) is 3.08. The van der Waals surface area contributed by atoms with E-state index >= 15 is 0 Å². The van der Waals surface area contributed by atoms with E-state index in [0.717, 1.165) is 29.5 Å². The first-order valence-electron chi connectivity index (χ1n) is 8.22. The minimum Gasteiger partial charge on any atom is -0.356 e. The Kier molecular flexibility index (Phi) is 9.44. The van der Waals surface area contributed by atoms with Crippen molar-refractivity contribution in [2.24, 2.45) is 10.9 Å². The summed E-state index contributed by atoms with van der Waals surface area (Å²) in [6.45, 7) is 5.94. The topological polar surface area (TPSA) is 62.5 Å². The molecule has 2 aromatic rings. The molecule has 0 bridgehead atoms. The van der Waals surface area contributed by atoms with E-state index in [1.54, 1.807) is 7.05 Å². The summed E-state index contributed by atoms with van der Waals surface area (Å²) in [5, 5.41) is 10.7. The summed E-state index contributed by atoms with van der Waals surface area (Å²) in [7, 11) is 1.78. The molecule has 1 heterocycles. The van der Waals surface area contributed by atoms with Crippen LogP contribution in [0.2, 0.25) is 0 Å². The fraction of sp³-hybridized carbons (Fsp3) is 0.444. The van der Waals surface area contributed by atoms with Crippen LogP contribution >= 0.6 is 24.0 Å². The van der Waals surface area contributed by atoms with E-state index in [-0.39, 0.29) is 24.0 Å². The SMILES string of the molecule is CCC(CC)CNC(=NC)NCc1cc(-c2ccccc2)on1.I. The highest BCUT2D eigenvalue weighted by molar-refractivity contribution is 14.0. The molecule has 0 aliphatic carbocycles. The Labute approximate surface area is 161 Å². The maximum absolute atomic E-state index is 5.40. The average molecular weight is 442 g/mol. The standard InChI is InChI=1S/C18H26N4O.HI/c1-4-14(5-2)12-20-18(19-3)21-13-16-11-17(23-22-16)15-9-7-6-8-10-15;/h6-11,14H,4-5,12-13H2,1-3H3,(H2,19,20,21);1H. The Balaban J connectivity index is 0.00000288. The summed E-state index contributed by atoms with van der Waals surface area (Å²) in [6.07, 6.45) is 2.34. The fourth-order valence-electron chi connectivity index (χ4n) is 2.35. The van der Waals surface area contributed by atoms with E-state index in [1.165, 1.54) is 12.8 Å². The van der Waals surface area contributed by atoms with Gasteiger partial charge in [-0.05, 0) is 5.92 Å². The first kappa shape index (κ1) is 20.5. The number of nitrogens with zero attached hydrogens (tertiary/aromatic N) is 2. The number of nitrogens with one attached hydrogen (secondary N) is 2. The predicted molar refractivity (Wildman–Crippen MR) is 110 cm³/mol. The molecule has 0 unspecified atom stereocenters. The van der Waals surface area contributed by atoms with Crippen LogP contribution in [0.25, 0.3) is 11.3 Å². The van der Waals surface area contributed by atoms with Gasteiger partial charge in [-0.3, -0.25) is 4.99 Å². The van der Waals surface area contributed by atoms with Gasteiger partial charge in [0.2, 0.25) is 0 Å². The number of guanidine groups is 1. The molecule has 132 valence electrons. The zero-order valence-corrected chi connectivity index (χ0v) is 16.9. The van der Waals surface area contributed by atoms with E-state index in [2.05, 4.69) is 34.6 Å². The number of hydrogen-bond acceptors (Lipinski definition) is 3. The summed E-state index contributed by atoms with van der Waals surface area (Å²) in [5.74, 6) is 2.24. The van der Waals surface area contributed by atoms with Crippen molar-refractivity contribution in [2.75, 3.05) is 13.6 Å². The van der Waals surface area contributed by atoms with Crippen molar-refractivity contribution < 1.29 is 4.52 Å². The lowest BCUT2D eigenvalue weighted by atomic mass is 10.0. The highest BCUT2D eigenvalue weighted by Crippen LogP contribution is 2.19. The molecule has 0 spiro atoms. The first-order valence-corrected chi connectivity index (χ1v) is 8.22. The first-order chi connectivity index (χ1) is 11.3. The number of aromatic nitrogens is 1. The van der Waals surface area contributed by atoms with Crippen LogP contribution in [0.5, 0.6) is 0 Å². The Morgan fingerprint density at radius 1 is 1.17 bits per heavy atom. The highest BCUT2D eigenvalue weighted by atomic mass is 127. The Morgan fingerprint density at radius 3 is 2.50 bits per heavy atom. The Morgan fingerprint density at radius 2 is 1.88 bits per heavy atom. The third-order valence-corrected chi connectivity index (χ3v) is 3.99. The molecule has 0 saturated heterocycles. The highest BCUT2D eigenvalue weighted by Gasteiger charge is 2.08. The molecular weight excluding hydrogens is 415 g/mol. The van der Waals surface area contributed by atoms with Gasteiger partial charge in [-0.25, -0.2) is 0 Å². The lowest BCUT2D eigenvalue weighted by Gasteiger charge is -2.16. The quantitative estimate of drug-likeness (QED) is 0.386. The molecule has 1 aromatic heterocycles. The van der Waals surface area contributed by atoms with E-state index in [1.807, 2.05) is 36.4 Å². The molecule has 6 heteroatoms. The second-order valence-corrected chi connectivity index (χ2v) is 5.54. The molecular formula is C18H27IN4O. The number of aliphatic imine (C=N–C) groups is 1. The van der Waals surface area contributed by atoms with Crippen molar-refractivity contribution in [2.45, 2.75) is 33.2 Å². The predicted octanol–water partition coefficient (Wildman–Crippen LogP) is 4.06. The zero-order valence-electron chi connectivity index (χ0n) is 14.6. The maximum atomic E-state index is 5.40. The molecule has 0 atom stereocenters. The van der Waals surface area contributed by atoms with Crippen LogP contribution in [0.3, 0.4) is 0 Å². The van der Waals surface area contributed by atoms with Crippen molar-refractivity contribution >= 4 is 29.9 Å². The van der Waals surface area contributed by atoms with Crippen LogP contribution < -0.4 is 10.6 Å². The smallest absolute Gasteiger partial charge is 0.191 e. The normalized spacial score (nSPS) is 11.2. The van der Waals surface area contributed by atoms with Crippen LogP contribution in [0.4, 0.5) is 0 Å². The lowest BCUT2D eigenvalue weighted by Crippen LogP contribution is -2.39. The summed E-state index contributed by atoms with van der Waals surface area (Å²) >= 11 is 0. The van der Waals surface area contributed by atoms with Crippen molar-refractivity contribution in [1.29, 1.82) is 0 Å². The Bertz CT molecular complexity index is 608. The second-order valence-electron chi connectivity index (χ2n) is 5.54. The third kappa shape index (κ3) is 6.14. The van der Waals surface area contributed by atoms with Crippen LogP contribution in [-0.2, 0) is 6.54 Å². The van der Waals surface area contributed by atoms with Gasteiger partial charge >= 0.3 is 0 Å². The molecule has 0 fully saturated rings. The van der Waals surface area contributed by atoms with Crippen LogP contribution in [-0.4, -0.2) is 24.7 Å². The van der Waals surface area contributed by atoms with Crippen molar-refractivity contribution in [3.8, 4) is 11.3 Å². The van der Waals surface area contributed by atoms with E-state index in [0.29, 0.717) is 12.5 Å². The van der Waals surface area contributed by atoms with Gasteiger partial charge in [-0.1, -0.05) is 62.2 Å². The van der Waals surface area contributed by atoms with Gasteiger partial charge in [-0.15, -0.1) is 24.0 Å². The molecule has 0 aliphatic heterocycles. The number of rotatable bonds is 7. The Hall–Kier alpha value is -1.57. The van der Waals surface area contributed by atoms with Crippen molar-refractivity contribution in [1.82, 2.24) is 15.8 Å². The van der Waals surface area contributed by atoms with Crippen LogP contribution in [0.1, 0.15) is 32.4 Å². The summed E-state index contributed by atoms with van der Waals surface area (Å²) in [5.41, 5.74) is 1.89. The summed E-state index contributed by atoms with van der Waals surface area (Å²) in [4.78, 5) is 4.24. The van der Waals surface area contributed by atoms with Crippen molar-refractivity contribution in [3.63, 3.8) is 0 Å². The van der Waals surface area contributed by atoms with Gasteiger partial charge in [0.1, 0.15) is 5.69 Å². The van der Waals surface area contributed by atoms with Crippen LogP contribution in [0.15, 0.2) is 45.9 Å². The van der Waals surface area contributed by atoms with Gasteiger partial charge in [-0.2, -0.15) is 0 Å². The fourth-order valence-corrected chi connectivity index (χ4v) is 2.35. The van der Waals surface area contributed by atoms with Gasteiger partial charge in [0.15, 0.2) is 11.7 Å². The van der Waals surface area contributed by atoms with Crippen molar-refractivity contribution in [3.05, 3.63) is 42.1 Å². The summed E-state index contributed by atoms with van der Waals surface area (Å²) in [6, 6.07) is 11.9. The molecule has 0 aliphatic rings. The monoisotopic (exact) mass is 442 g/mol. The molecule has 0 radical (unpaired) electrons. The molecule has 24 heavy (non-hydrogen) atoms.